The fraction of sp³-hybridized carbons (Fsp3) is 0.333. The van der Waals surface area contributed by atoms with Gasteiger partial charge in [-0.15, -0.1) is 24.0 Å². The largest absolute Gasteiger partial charge is 0.370 e. The van der Waals surface area contributed by atoms with Crippen LogP contribution in [0.3, 0.4) is 0 Å². The maximum Gasteiger partial charge on any atom is 0.188 e. The molecule has 0 bridgehead atoms. The van der Waals surface area contributed by atoms with E-state index in [2.05, 4.69) is 46.5 Å². The smallest absolute Gasteiger partial charge is 0.188 e. The summed E-state index contributed by atoms with van der Waals surface area (Å²) in [6.07, 6.45) is 6.60. The van der Waals surface area contributed by atoms with Crippen LogP contribution in [-0.4, -0.2) is 22.1 Å². The Balaban J connectivity index is 0.00000220. The zero-order valence-corrected chi connectivity index (χ0v) is 14.5. The van der Waals surface area contributed by atoms with Crippen molar-refractivity contribution < 1.29 is 0 Å². The summed E-state index contributed by atoms with van der Waals surface area (Å²) in [5.74, 6) is 0.509. The number of hydrogen-bond acceptors (Lipinski definition) is 2. The molecule has 3 N–H and O–H groups in total. The molecule has 1 heterocycles. The summed E-state index contributed by atoms with van der Waals surface area (Å²) in [5.41, 5.74) is 8.15. The summed E-state index contributed by atoms with van der Waals surface area (Å²) >= 11 is 0. The van der Waals surface area contributed by atoms with Gasteiger partial charge in [0, 0.05) is 25.5 Å². The molecule has 114 valence electrons. The van der Waals surface area contributed by atoms with Crippen LogP contribution in [0.25, 0.3) is 0 Å². The van der Waals surface area contributed by atoms with Gasteiger partial charge in [-0.1, -0.05) is 31.2 Å². The molecule has 2 aromatic rings. The monoisotopic (exact) mass is 399 g/mol. The van der Waals surface area contributed by atoms with Gasteiger partial charge in [-0.05, 0) is 17.5 Å². The van der Waals surface area contributed by atoms with Gasteiger partial charge in [0.15, 0.2) is 5.96 Å². The Hall–Kier alpha value is -1.57. The Labute approximate surface area is 142 Å². The second-order valence-electron chi connectivity index (χ2n) is 4.68. The van der Waals surface area contributed by atoms with Gasteiger partial charge < -0.3 is 15.6 Å². The highest BCUT2D eigenvalue weighted by atomic mass is 127. The zero-order chi connectivity index (χ0) is 14.2. The van der Waals surface area contributed by atoms with Crippen LogP contribution in [-0.2, 0) is 13.1 Å². The highest BCUT2D eigenvalue weighted by Gasteiger charge is 1.96. The van der Waals surface area contributed by atoms with Crippen LogP contribution < -0.4 is 11.1 Å². The van der Waals surface area contributed by atoms with E-state index in [1.807, 2.05) is 17.1 Å². The van der Waals surface area contributed by atoms with Crippen LogP contribution in [0.5, 0.6) is 0 Å². The number of benzene rings is 1. The van der Waals surface area contributed by atoms with Gasteiger partial charge in [-0.25, -0.2) is 9.98 Å². The van der Waals surface area contributed by atoms with Crippen LogP contribution in [0.2, 0.25) is 0 Å². The van der Waals surface area contributed by atoms with E-state index >= 15 is 0 Å². The summed E-state index contributed by atoms with van der Waals surface area (Å²) in [4.78, 5) is 8.34. The van der Waals surface area contributed by atoms with Crippen LogP contribution in [0.15, 0.2) is 48.0 Å². The molecule has 0 unspecified atom stereocenters. The van der Waals surface area contributed by atoms with E-state index in [1.54, 1.807) is 6.20 Å². The van der Waals surface area contributed by atoms with Crippen LogP contribution in [0, 0.1) is 0 Å². The number of rotatable bonds is 6. The number of nitrogens with two attached hydrogens (primary N) is 1. The predicted octanol–water partition coefficient (Wildman–Crippen LogP) is 2.36. The lowest BCUT2D eigenvalue weighted by Gasteiger charge is -2.05. The number of aliphatic imine (C=N–C) groups is 1. The van der Waals surface area contributed by atoms with Crippen molar-refractivity contribution in [2.75, 3.05) is 6.54 Å². The maximum absolute atomic E-state index is 5.76. The van der Waals surface area contributed by atoms with Gasteiger partial charge in [0.1, 0.15) is 0 Å². The molecule has 1 aromatic carbocycles. The quantitative estimate of drug-likeness (QED) is 0.445. The molecule has 0 aliphatic heterocycles. The van der Waals surface area contributed by atoms with Gasteiger partial charge >= 0.3 is 0 Å². The third-order valence-electron chi connectivity index (χ3n) is 2.94. The molecule has 0 aliphatic carbocycles. The van der Waals surface area contributed by atoms with Gasteiger partial charge in [0.2, 0.25) is 0 Å². The molecule has 5 nitrogen and oxygen atoms in total. The molecule has 6 heteroatoms. The molecule has 1 aromatic heterocycles. The molecule has 0 saturated carbocycles. The molecular formula is C15H22IN5. The number of guanidine groups is 1. The van der Waals surface area contributed by atoms with E-state index in [0.29, 0.717) is 12.5 Å². The van der Waals surface area contributed by atoms with E-state index < -0.39 is 0 Å². The number of imidazole rings is 1. The third kappa shape index (κ3) is 6.16. The standard InChI is InChI=1S/C15H21N5.HI/c1-2-7-18-15(16)19-10-13-3-5-14(6-4-13)11-20-9-8-17-12-20;/h3-6,8-9,12H,2,7,10-11H2,1H3,(H3,16,18,19);1H. The van der Waals surface area contributed by atoms with Crippen molar-refractivity contribution >= 4 is 29.9 Å². The molecule has 0 aliphatic rings. The van der Waals surface area contributed by atoms with Crippen molar-refractivity contribution in [3.63, 3.8) is 0 Å². The number of nitrogens with one attached hydrogen (secondary N) is 1. The first-order valence-corrected chi connectivity index (χ1v) is 6.85. The summed E-state index contributed by atoms with van der Waals surface area (Å²) in [7, 11) is 0. The molecule has 0 saturated heterocycles. The summed E-state index contributed by atoms with van der Waals surface area (Å²) in [6, 6.07) is 8.40. The highest BCUT2D eigenvalue weighted by Crippen LogP contribution is 2.07. The molecule has 0 spiro atoms. The Morgan fingerprint density at radius 1 is 1.29 bits per heavy atom. The lowest BCUT2D eigenvalue weighted by molar-refractivity contribution is 0.796. The molecule has 21 heavy (non-hydrogen) atoms. The van der Waals surface area contributed by atoms with Gasteiger partial charge in [0.25, 0.3) is 0 Å². The Kier molecular flexibility index (Phi) is 7.81. The first-order chi connectivity index (χ1) is 9.78. The highest BCUT2D eigenvalue weighted by molar-refractivity contribution is 14.0. The van der Waals surface area contributed by atoms with Gasteiger partial charge in [0.05, 0.1) is 12.9 Å². The molecule has 0 amide bonds. The third-order valence-corrected chi connectivity index (χ3v) is 2.94. The van der Waals surface area contributed by atoms with Crippen LogP contribution in [0.1, 0.15) is 24.5 Å². The van der Waals surface area contributed by atoms with Gasteiger partial charge in [-0.3, -0.25) is 0 Å². The van der Waals surface area contributed by atoms with E-state index in [9.17, 15) is 0 Å². The second kappa shape index (κ2) is 9.38. The van der Waals surface area contributed by atoms with Crippen molar-refractivity contribution in [2.24, 2.45) is 10.7 Å². The maximum atomic E-state index is 5.76. The second-order valence-corrected chi connectivity index (χ2v) is 4.68. The number of aromatic nitrogens is 2. The molecule has 0 atom stereocenters. The summed E-state index contributed by atoms with van der Waals surface area (Å²) in [6.45, 7) is 4.40. The number of halogens is 1. The fourth-order valence-electron chi connectivity index (χ4n) is 1.83. The Morgan fingerprint density at radius 3 is 2.62 bits per heavy atom. The Bertz CT molecular complexity index is 534. The number of hydrogen-bond donors (Lipinski definition) is 2. The number of nitrogens with zero attached hydrogens (tertiary/aromatic N) is 3. The van der Waals surface area contributed by atoms with Crippen molar-refractivity contribution in [1.29, 1.82) is 0 Å². The van der Waals surface area contributed by atoms with E-state index in [0.717, 1.165) is 25.1 Å². The van der Waals surface area contributed by atoms with E-state index in [-0.39, 0.29) is 24.0 Å². The lowest BCUT2D eigenvalue weighted by atomic mass is 10.1. The summed E-state index contributed by atoms with van der Waals surface area (Å²) < 4.78 is 2.04. The van der Waals surface area contributed by atoms with Crippen molar-refractivity contribution in [2.45, 2.75) is 26.4 Å². The van der Waals surface area contributed by atoms with Crippen molar-refractivity contribution in [3.05, 3.63) is 54.1 Å². The SMILES string of the molecule is CCCNC(N)=NCc1ccc(Cn2ccnc2)cc1.I. The fourth-order valence-corrected chi connectivity index (χ4v) is 1.83. The zero-order valence-electron chi connectivity index (χ0n) is 12.2. The molecule has 0 fully saturated rings. The van der Waals surface area contributed by atoms with Crippen molar-refractivity contribution in [1.82, 2.24) is 14.9 Å². The predicted molar refractivity (Wildman–Crippen MR) is 96.8 cm³/mol. The molecule has 2 rings (SSSR count). The minimum absolute atomic E-state index is 0. The lowest BCUT2D eigenvalue weighted by Crippen LogP contribution is -2.32. The first kappa shape index (κ1) is 17.5. The minimum Gasteiger partial charge on any atom is -0.370 e. The van der Waals surface area contributed by atoms with E-state index in [4.69, 9.17) is 5.73 Å². The molecular weight excluding hydrogens is 377 g/mol. The normalized spacial score (nSPS) is 11.0. The average molecular weight is 399 g/mol. The van der Waals surface area contributed by atoms with Crippen LogP contribution >= 0.6 is 24.0 Å². The van der Waals surface area contributed by atoms with Gasteiger partial charge in [-0.2, -0.15) is 0 Å². The molecule has 0 radical (unpaired) electrons. The van der Waals surface area contributed by atoms with E-state index in [1.165, 1.54) is 5.56 Å². The average Bonchev–Trinajstić information content (AvgIpc) is 2.97. The Morgan fingerprint density at radius 2 is 2.00 bits per heavy atom. The minimum atomic E-state index is 0. The summed E-state index contributed by atoms with van der Waals surface area (Å²) in [5, 5.41) is 3.06. The van der Waals surface area contributed by atoms with Crippen molar-refractivity contribution in [3.8, 4) is 0 Å². The first-order valence-electron chi connectivity index (χ1n) is 6.85. The topological polar surface area (TPSA) is 68.2 Å². The van der Waals surface area contributed by atoms with Crippen LogP contribution in [0.4, 0.5) is 0 Å².